The molecule has 2 N–H and O–H groups in total. The Hall–Kier alpha value is -0.860. The molecule has 1 aliphatic heterocycles. The summed E-state index contributed by atoms with van der Waals surface area (Å²) in [6.45, 7) is 5.50. The van der Waals surface area contributed by atoms with Crippen molar-refractivity contribution in [2.45, 2.75) is 19.4 Å². The molecule has 0 aromatic heterocycles. The molecule has 13 heavy (non-hydrogen) atoms. The molecule has 70 valence electrons. The summed E-state index contributed by atoms with van der Waals surface area (Å²) in [6, 6.07) is 6.10. The number of aliphatic hydroxyl groups is 1. The van der Waals surface area contributed by atoms with Crippen molar-refractivity contribution < 1.29 is 5.11 Å². The van der Waals surface area contributed by atoms with Gasteiger partial charge < -0.3 is 10.4 Å². The van der Waals surface area contributed by atoms with Gasteiger partial charge in [0.25, 0.3) is 0 Å². The lowest BCUT2D eigenvalue weighted by molar-refractivity contribution is -0.0152. The van der Waals surface area contributed by atoms with E-state index in [9.17, 15) is 5.11 Å². The molecule has 2 heteroatoms. The molecule has 0 radical (unpaired) electrons. The summed E-state index contributed by atoms with van der Waals surface area (Å²) in [7, 11) is 0. The minimum Gasteiger partial charge on any atom is -0.382 e. The van der Waals surface area contributed by atoms with Gasteiger partial charge in [0.15, 0.2) is 0 Å². The molecule has 1 fully saturated rings. The van der Waals surface area contributed by atoms with Gasteiger partial charge in [0, 0.05) is 13.1 Å². The first-order valence-electron chi connectivity index (χ1n) is 4.63. The average molecular weight is 177 g/mol. The molecule has 1 aromatic rings. The summed E-state index contributed by atoms with van der Waals surface area (Å²) in [5, 5.41) is 13.2. The number of hydrogen-bond acceptors (Lipinski definition) is 2. The average Bonchev–Trinajstić information content (AvgIpc) is 2.06. The van der Waals surface area contributed by atoms with Crippen LogP contribution in [0.3, 0.4) is 0 Å². The lowest BCUT2D eigenvalue weighted by Crippen LogP contribution is -2.57. The van der Waals surface area contributed by atoms with Gasteiger partial charge in [-0.05, 0) is 30.5 Å². The van der Waals surface area contributed by atoms with Crippen LogP contribution in [0.1, 0.15) is 16.7 Å². The molecule has 2 rings (SSSR count). The highest BCUT2D eigenvalue weighted by molar-refractivity contribution is 5.38. The van der Waals surface area contributed by atoms with Gasteiger partial charge in [-0.25, -0.2) is 0 Å². The molecule has 0 spiro atoms. The first-order valence-corrected chi connectivity index (χ1v) is 4.63. The van der Waals surface area contributed by atoms with E-state index in [0.29, 0.717) is 13.1 Å². The molecule has 0 unspecified atom stereocenters. The summed E-state index contributed by atoms with van der Waals surface area (Å²) >= 11 is 0. The zero-order valence-electron chi connectivity index (χ0n) is 8.09. The normalized spacial score (nSPS) is 19.6. The van der Waals surface area contributed by atoms with Crippen molar-refractivity contribution in [2.24, 2.45) is 0 Å². The van der Waals surface area contributed by atoms with Gasteiger partial charge in [-0.3, -0.25) is 0 Å². The summed E-state index contributed by atoms with van der Waals surface area (Å²) in [6.07, 6.45) is 0. The van der Waals surface area contributed by atoms with Crippen LogP contribution in [-0.4, -0.2) is 18.2 Å². The second-order valence-electron chi connectivity index (χ2n) is 3.88. The first-order chi connectivity index (χ1) is 6.13. The Morgan fingerprint density at radius 3 is 2.54 bits per heavy atom. The van der Waals surface area contributed by atoms with Crippen molar-refractivity contribution in [3.63, 3.8) is 0 Å². The zero-order chi connectivity index (χ0) is 9.47. The SMILES string of the molecule is Cc1cccc(C2(O)CNC2)c1C. The number of rotatable bonds is 1. The molecule has 1 heterocycles. The number of aryl methyl sites for hydroxylation is 1. The van der Waals surface area contributed by atoms with Crippen LogP contribution in [0.2, 0.25) is 0 Å². The van der Waals surface area contributed by atoms with Gasteiger partial charge in [0.1, 0.15) is 5.60 Å². The fourth-order valence-corrected chi connectivity index (χ4v) is 1.81. The summed E-state index contributed by atoms with van der Waals surface area (Å²) in [5.41, 5.74) is 2.92. The molecule has 1 aliphatic rings. The molecule has 0 amide bonds. The Balaban J connectivity index is 2.45. The van der Waals surface area contributed by atoms with Crippen LogP contribution in [0.25, 0.3) is 0 Å². The van der Waals surface area contributed by atoms with E-state index in [1.54, 1.807) is 0 Å². The van der Waals surface area contributed by atoms with Gasteiger partial charge in [-0.2, -0.15) is 0 Å². The Labute approximate surface area is 78.6 Å². The fourth-order valence-electron chi connectivity index (χ4n) is 1.81. The van der Waals surface area contributed by atoms with Gasteiger partial charge in [0.05, 0.1) is 0 Å². The van der Waals surface area contributed by atoms with Crippen LogP contribution in [-0.2, 0) is 5.60 Å². The number of hydrogen-bond donors (Lipinski definition) is 2. The lowest BCUT2D eigenvalue weighted by atomic mass is 9.84. The maximum absolute atomic E-state index is 10.1. The van der Waals surface area contributed by atoms with E-state index in [1.807, 2.05) is 12.1 Å². The third-order valence-electron chi connectivity index (χ3n) is 2.94. The van der Waals surface area contributed by atoms with Crippen molar-refractivity contribution >= 4 is 0 Å². The smallest absolute Gasteiger partial charge is 0.115 e. The van der Waals surface area contributed by atoms with E-state index < -0.39 is 5.60 Å². The van der Waals surface area contributed by atoms with Crippen molar-refractivity contribution in [2.75, 3.05) is 13.1 Å². The Bertz CT molecular complexity index is 329. The van der Waals surface area contributed by atoms with E-state index in [-0.39, 0.29) is 0 Å². The van der Waals surface area contributed by atoms with Gasteiger partial charge in [0.2, 0.25) is 0 Å². The molecule has 1 saturated heterocycles. The predicted octanol–water partition coefficient (Wildman–Crippen LogP) is 1.09. The van der Waals surface area contributed by atoms with E-state index in [0.717, 1.165) is 5.56 Å². The molecule has 0 aliphatic carbocycles. The Morgan fingerprint density at radius 2 is 2.00 bits per heavy atom. The quantitative estimate of drug-likeness (QED) is 0.673. The van der Waals surface area contributed by atoms with E-state index in [1.165, 1.54) is 11.1 Å². The van der Waals surface area contributed by atoms with E-state index in [4.69, 9.17) is 0 Å². The molecule has 0 atom stereocenters. The topological polar surface area (TPSA) is 32.3 Å². The van der Waals surface area contributed by atoms with Crippen LogP contribution in [0.15, 0.2) is 18.2 Å². The molecule has 1 aromatic carbocycles. The minimum absolute atomic E-state index is 0.615. The minimum atomic E-state index is -0.615. The molecule has 0 saturated carbocycles. The van der Waals surface area contributed by atoms with Crippen LogP contribution in [0.5, 0.6) is 0 Å². The summed E-state index contributed by atoms with van der Waals surface area (Å²) in [5.74, 6) is 0. The molecule has 2 nitrogen and oxygen atoms in total. The van der Waals surface area contributed by atoms with Crippen LogP contribution in [0.4, 0.5) is 0 Å². The maximum Gasteiger partial charge on any atom is 0.115 e. The first kappa shape index (κ1) is 8.73. The third kappa shape index (κ3) is 1.26. The number of nitrogens with one attached hydrogen (secondary N) is 1. The number of β-amino-alcohol motifs (C(OH)–C–C–N with tert-alkyl or cyclic N) is 1. The maximum atomic E-state index is 10.1. The Morgan fingerprint density at radius 1 is 1.31 bits per heavy atom. The van der Waals surface area contributed by atoms with Crippen molar-refractivity contribution in [3.05, 3.63) is 34.9 Å². The van der Waals surface area contributed by atoms with Crippen molar-refractivity contribution in [1.29, 1.82) is 0 Å². The summed E-state index contributed by atoms with van der Waals surface area (Å²) in [4.78, 5) is 0. The standard InChI is InChI=1S/C11H15NO/c1-8-4-3-5-10(9(8)2)11(13)6-12-7-11/h3-5,12-13H,6-7H2,1-2H3. The van der Waals surface area contributed by atoms with E-state index in [2.05, 4.69) is 25.2 Å². The second-order valence-corrected chi connectivity index (χ2v) is 3.88. The van der Waals surface area contributed by atoms with Crippen LogP contribution >= 0.6 is 0 Å². The highest BCUT2D eigenvalue weighted by atomic mass is 16.3. The predicted molar refractivity (Wildman–Crippen MR) is 52.7 cm³/mol. The highest BCUT2D eigenvalue weighted by Gasteiger charge is 2.37. The van der Waals surface area contributed by atoms with Gasteiger partial charge in [-0.1, -0.05) is 18.2 Å². The van der Waals surface area contributed by atoms with Gasteiger partial charge >= 0.3 is 0 Å². The van der Waals surface area contributed by atoms with Crippen molar-refractivity contribution in [1.82, 2.24) is 5.32 Å². The lowest BCUT2D eigenvalue weighted by Gasteiger charge is -2.39. The van der Waals surface area contributed by atoms with E-state index >= 15 is 0 Å². The molecule has 0 bridgehead atoms. The highest BCUT2D eigenvalue weighted by Crippen LogP contribution is 2.29. The number of benzene rings is 1. The van der Waals surface area contributed by atoms with Crippen LogP contribution in [0, 0.1) is 13.8 Å². The fraction of sp³-hybridized carbons (Fsp3) is 0.455. The largest absolute Gasteiger partial charge is 0.382 e. The zero-order valence-corrected chi connectivity index (χ0v) is 8.09. The van der Waals surface area contributed by atoms with Crippen LogP contribution < -0.4 is 5.32 Å². The second kappa shape index (κ2) is 2.82. The molecular formula is C11H15NO. The van der Waals surface area contributed by atoms with Gasteiger partial charge in [-0.15, -0.1) is 0 Å². The summed E-state index contributed by atoms with van der Waals surface area (Å²) < 4.78 is 0. The Kier molecular flexibility index (Phi) is 1.90. The molecular weight excluding hydrogens is 162 g/mol. The van der Waals surface area contributed by atoms with Crippen molar-refractivity contribution in [3.8, 4) is 0 Å². The monoisotopic (exact) mass is 177 g/mol. The third-order valence-corrected chi connectivity index (χ3v) is 2.94.